The molecule has 0 spiro atoms. The molecule has 1 saturated carbocycles. The highest BCUT2D eigenvalue weighted by atomic mass is 16.2. The number of aryl methyl sites for hydroxylation is 1. The van der Waals surface area contributed by atoms with Crippen molar-refractivity contribution in [2.45, 2.75) is 57.9 Å². The SMILES string of the molecule is O=C1NN=C(C2CC2)/C1=C\c1[nH]c2c(c1CN1CCCC1)CCCC2. The fourth-order valence-corrected chi connectivity index (χ4v) is 4.54. The minimum atomic E-state index is -0.0402. The van der Waals surface area contributed by atoms with Crippen LogP contribution in [-0.2, 0) is 24.2 Å². The van der Waals surface area contributed by atoms with Gasteiger partial charge in [0.15, 0.2) is 0 Å². The van der Waals surface area contributed by atoms with Crippen molar-refractivity contribution in [2.24, 2.45) is 11.0 Å². The van der Waals surface area contributed by atoms with Gasteiger partial charge in [-0.1, -0.05) is 0 Å². The van der Waals surface area contributed by atoms with E-state index in [-0.39, 0.29) is 5.91 Å². The highest BCUT2D eigenvalue weighted by Crippen LogP contribution is 2.36. The van der Waals surface area contributed by atoms with E-state index in [1.54, 1.807) is 0 Å². The Balaban J connectivity index is 1.53. The number of nitrogens with one attached hydrogen (secondary N) is 2. The molecule has 5 rings (SSSR count). The quantitative estimate of drug-likeness (QED) is 0.829. The number of fused-ring (bicyclic) bond motifs is 1. The summed E-state index contributed by atoms with van der Waals surface area (Å²) in [5, 5.41) is 4.30. The van der Waals surface area contributed by atoms with E-state index in [0.717, 1.165) is 42.8 Å². The van der Waals surface area contributed by atoms with Crippen molar-refractivity contribution < 1.29 is 4.79 Å². The van der Waals surface area contributed by atoms with E-state index in [1.807, 2.05) is 0 Å². The molecule has 2 N–H and O–H groups in total. The molecule has 5 nitrogen and oxygen atoms in total. The molecule has 0 bridgehead atoms. The van der Waals surface area contributed by atoms with E-state index in [9.17, 15) is 4.79 Å². The van der Waals surface area contributed by atoms with E-state index in [2.05, 4.69) is 26.5 Å². The third kappa shape index (κ3) is 2.84. The fraction of sp³-hybridized carbons (Fsp3) is 0.600. The van der Waals surface area contributed by atoms with Crippen molar-refractivity contribution in [2.75, 3.05) is 13.1 Å². The Bertz CT molecular complexity index is 763. The van der Waals surface area contributed by atoms with Crippen molar-refractivity contribution in [3.05, 3.63) is 28.1 Å². The molecule has 0 radical (unpaired) electrons. The van der Waals surface area contributed by atoms with Crippen molar-refractivity contribution in [1.29, 1.82) is 0 Å². The molecule has 1 aromatic rings. The minimum absolute atomic E-state index is 0.0402. The van der Waals surface area contributed by atoms with Crippen LogP contribution in [0.1, 0.15) is 61.0 Å². The fourth-order valence-electron chi connectivity index (χ4n) is 4.54. The van der Waals surface area contributed by atoms with Gasteiger partial charge < -0.3 is 4.98 Å². The van der Waals surface area contributed by atoms with Crippen LogP contribution in [0.15, 0.2) is 10.7 Å². The number of aromatic amines is 1. The molecule has 4 aliphatic rings. The number of hydrazone groups is 1. The van der Waals surface area contributed by atoms with E-state index in [1.165, 1.54) is 62.0 Å². The second-order valence-electron chi connectivity index (χ2n) is 7.93. The lowest BCUT2D eigenvalue weighted by Crippen LogP contribution is -2.20. The Morgan fingerprint density at radius 1 is 1.12 bits per heavy atom. The summed E-state index contributed by atoms with van der Waals surface area (Å²) in [5.41, 5.74) is 9.93. The van der Waals surface area contributed by atoms with Crippen LogP contribution in [0.25, 0.3) is 6.08 Å². The van der Waals surface area contributed by atoms with Crippen LogP contribution in [0, 0.1) is 5.92 Å². The summed E-state index contributed by atoms with van der Waals surface area (Å²) in [6.07, 6.45) is 11.9. The molecule has 0 atom stereocenters. The average molecular weight is 338 g/mol. The molecule has 2 aliphatic carbocycles. The van der Waals surface area contributed by atoms with Crippen LogP contribution < -0.4 is 5.43 Å². The first-order valence-electron chi connectivity index (χ1n) is 9.84. The number of hydrogen-bond acceptors (Lipinski definition) is 3. The van der Waals surface area contributed by atoms with Crippen LogP contribution >= 0.6 is 0 Å². The number of H-pyrrole nitrogens is 1. The summed E-state index contributed by atoms with van der Waals surface area (Å²) in [4.78, 5) is 18.5. The second-order valence-corrected chi connectivity index (χ2v) is 7.93. The largest absolute Gasteiger partial charge is 0.358 e. The van der Waals surface area contributed by atoms with Gasteiger partial charge in [0.05, 0.1) is 11.3 Å². The smallest absolute Gasteiger partial charge is 0.273 e. The molecule has 1 saturated heterocycles. The van der Waals surface area contributed by atoms with Crippen LogP contribution in [0.5, 0.6) is 0 Å². The van der Waals surface area contributed by atoms with Gasteiger partial charge >= 0.3 is 0 Å². The maximum atomic E-state index is 12.3. The molecule has 1 aromatic heterocycles. The van der Waals surface area contributed by atoms with E-state index in [0.29, 0.717) is 5.92 Å². The Morgan fingerprint density at radius 2 is 1.92 bits per heavy atom. The molecule has 2 fully saturated rings. The standard InChI is InChI=1S/C20H26N4O/c25-20-15(19(22-23-20)13-7-8-13)11-18-16(12-24-9-3-4-10-24)14-5-1-2-6-17(14)21-18/h11,13,21H,1-10,12H2,(H,23,25)/b15-11+. The zero-order valence-corrected chi connectivity index (χ0v) is 14.7. The molecule has 132 valence electrons. The van der Waals surface area contributed by atoms with Crippen LogP contribution in [-0.4, -0.2) is 34.6 Å². The monoisotopic (exact) mass is 338 g/mol. The van der Waals surface area contributed by atoms with Crippen molar-refractivity contribution >= 4 is 17.7 Å². The first-order valence-corrected chi connectivity index (χ1v) is 9.84. The average Bonchev–Trinajstić information content (AvgIpc) is 3.06. The molecule has 1 amide bonds. The zero-order chi connectivity index (χ0) is 16.8. The summed E-state index contributed by atoms with van der Waals surface area (Å²) in [5.74, 6) is 0.443. The van der Waals surface area contributed by atoms with Crippen LogP contribution in [0.2, 0.25) is 0 Å². The highest BCUT2D eigenvalue weighted by molar-refractivity contribution is 6.28. The lowest BCUT2D eigenvalue weighted by atomic mass is 9.93. The second kappa shape index (κ2) is 6.13. The first-order chi connectivity index (χ1) is 12.3. The van der Waals surface area contributed by atoms with Gasteiger partial charge in [0.1, 0.15) is 0 Å². The number of aromatic nitrogens is 1. The summed E-state index contributed by atoms with van der Waals surface area (Å²) >= 11 is 0. The van der Waals surface area contributed by atoms with Gasteiger partial charge in [-0.05, 0) is 81.7 Å². The zero-order valence-electron chi connectivity index (χ0n) is 14.7. The van der Waals surface area contributed by atoms with Crippen molar-refractivity contribution in [3.8, 4) is 0 Å². The lowest BCUT2D eigenvalue weighted by Gasteiger charge is -2.18. The molecule has 0 aromatic carbocycles. The van der Waals surface area contributed by atoms with Gasteiger partial charge in [-0.2, -0.15) is 5.10 Å². The molecule has 0 unspecified atom stereocenters. The summed E-state index contributed by atoms with van der Waals surface area (Å²) in [7, 11) is 0. The van der Waals surface area contributed by atoms with Crippen molar-refractivity contribution in [3.63, 3.8) is 0 Å². The van der Waals surface area contributed by atoms with E-state index >= 15 is 0 Å². The van der Waals surface area contributed by atoms with Gasteiger partial charge in [-0.3, -0.25) is 9.69 Å². The molecule has 25 heavy (non-hydrogen) atoms. The summed E-state index contributed by atoms with van der Waals surface area (Å²) in [6.45, 7) is 3.42. The van der Waals surface area contributed by atoms with Gasteiger partial charge in [-0.25, -0.2) is 5.43 Å². The summed E-state index contributed by atoms with van der Waals surface area (Å²) < 4.78 is 0. The third-order valence-corrected chi connectivity index (χ3v) is 6.07. The van der Waals surface area contributed by atoms with Gasteiger partial charge in [0, 0.05) is 23.9 Å². The molecule has 3 heterocycles. The molecule has 2 aliphatic heterocycles. The van der Waals surface area contributed by atoms with Gasteiger partial charge in [-0.15, -0.1) is 0 Å². The van der Waals surface area contributed by atoms with Gasteiger partial charge in [0.25, 0.3) is 5.91 Å². The topological polar surface area (TPSA) is 60.5 Å². The number of hydrogen-bond donors (Lipinski definition) is 2. The Morgan fingerprint density at radius 3 is 2.72 bits per heavy atom. The Kier molecular flexibility index (Phi) is 3.77. The van der Waals surface area contributed by atoms with Crippen LogP contribution in [0.3, 0.4) is 0 Å². The lowest BCUT2D eigenvalue weighted by molar-refractivity contribution is -0.116. The Hall–Kier alpha value is -1.88. The van der Waals surface area contributed by atoms with E-state index < -0.39 is 0 Å². The number of nitrogens with zero attached hydrogens (tertiary/aromatic N) is 2. The number of amides is 1. The summed E-state index contributed by atoms with van der Waals surface area (Å²) in [6, 6.07) is 0. The minimum Gasteiger partial charge on any atom is -0.358 e. The highest BCUT2D eigenvalue weighted by Gasteiger charge is 2.36. The molecular weight excluding hydrogens is 312 g/mol. The van der Waals surface area contributed by atoms with Crippen molar-refractivity contribution in [1.82, 2.24) is 15.3 Å². The first kappa shape index (κ1) is 15.4. The Labute approximate surface area is 148 Å². The number of rotatable bonds is 4. The number of carbonyl (C=O) groups is 1. The van der Waals surface area contributed by atoms with Crippen LogP contribution in [0.4, 0.5) is 0 Å². The predicted octanol–water partition coefficient (Wildman–Crippen LogP) is 2.77. The number of likely N-dealkylation sites (tertiary alicyclic amines) is 1. The molecular formula is C20H26N4O. The predicted molar refractivity (Wildman–Crippen MR) is 98.2 cm³/mol. The third-order valence-electron chi connectivity index (χ3n) is 6.07. The number of carbonyl (C=O) groups excluding carboxylic acids is 1. The normalized spacial score (nSPS) is 25.4. The maximum Gasteiger partial charge on any atom is 0.273 e. The molecule has 5 heteroatoms. The van der Waals surface area contributed by atoms with E-state index in [4.69, 9.17) is 0 Å². The van der Waals surface area contributed by atoms with Gasteiger partial charge in [0.2, 0.25) is 0 Å². The maximum absolute atomic E-state index is 12.3.